The predicted molar refractivity (Wildman–Crippen MR) is 84.9 cm³/mol. The Morgan fingerprint density at radius 2 is 2.12 bits per heavy atom. The van der Waals surface area contributed by atoms with E-state index in [9.17, 15) is 9.18 Å². The first-order valence-corrected chi connectivity index (χ1v) is 7.90. The second-order valence-corrected chi connectivity index (χ2v) is 6.22. The van der Waals surface area contributed by atoms with Gasteiger partial charge in [-0.1, -0.05) is 29.1 Å². The molecule has 0 aliphatic carbocycles. The van der Waals surface area contributed by atoms with E-state index >= 15 is 0 Å². The third-order valence-corrected chi connectivity index (χ3v) is 3.97. The lowest BCUT2D eigenvalue weighted by atomic mass is 10.2. The molecule has 0 saturated carbocycles. The molecule has 0 fully saturated rings. The van der Waals surface area contributed by atoms with Crippen molar-refractivity contribution in [2.45, 2.75) is 24.3 Å². The number of benzene rings is 1. The van der Waals surface area contributed by atoms with Crippen LogP contribution in [0, 0.1) is 12.7 Å². The minimum Gasteiger partial charge on any atom is -0.411 e. The summed E-state index contributed by atoms with van der Waals surface area (Å²) in [6.45, 7) is 3.41. The van der Waals surface area contributed by atoms with Crippen molar-refractivity contribution in [2.24, 2.45) is 0 Å². The molecule has 0 spiro atoms. The first-order valence-electron chi connectivity index (χ1n) is 7.02. The predicted octanol–water partition coefficient (Wildman–Crippen LogP) is 3.29. The number of carbonyl (C=O) groups excluding carboxylic acids is 1. The number of thioether (sulfide) groups is 1. The van der Waals surface area contributed by atoms with E-state index in [0.29, 0.717) is 11.6 Å². The van der Waals surface area contributed by atoms with Gasteiger partial charge in [-0.3, -0.25) is 4.79 Å². The van der Waals surface area contributed by atoms with Gasteiger partial charge < -0.3 is 14.3 Å². The van der Waals surface area contributed by atoms with Crippen LogP contribution in [0.4, 0.5) is 10.2 Å². The quantitative estimate of drug-likeness (QED) is 0.707. The van der Waals surface area contributed by atoms with Crippen LogP contribution in [0.5, 0.6) is 0 Å². The average Bonchev–Trinajstić information content (AvgIpc) is 3.17. The van der Waals surface area contributed by atoms with Gasteiger partial charge in [0.2, 0.25) is 5.91 Å². The summed E-state index contributed by atoms with van der Waals surface area (Å²) in [5.74, 6) is 0.249. The van der Waals surface area contributed by atoms with Crippen molar-refractivity contribution in [3.63, 3.8) is 0 Å². The summed E-state index contributed by atoms with van der Waals surface area (Å²) in [6, 6.07) is 7.70. The molecule has 1 aromatic carbocycles. The number of amides is 1. The fraction of sp³-hybridized carbons (Fsp3) is 0.200. The molecule has 0 aliphatic rings. The molecule has 3 rings (SSSR count). The molecule has 24 heavy (non-hydrogen) atoms. The molecule has 124 valence electrons. The molecule has 7 nitrogen and oxygen atoms in total. The van der Waals surface area contributed by atoms with E-state index in [4.69, 9.17) is 8.94 Å². The highest BCUT2D eigenvalue weighted by Crippen LogP contribution is 2.27. The number of rotatable bonds is 5. The van der Waals surface area contributed by atoms with Crippen molar-refractivity contribution in [3.05, 3.63) is 41.9 Å². The van der Waals surface area contributed by atoms with Crippen LogP contribution >= 0.6 is 11.8 Å². The Kier molecular flexibility index (Phi) is 4.61. The minimum atomic E-state index is -0.518. The Hall–Kier alpha value is -2.68. The highest BCUT2D eigenvalue weighted by Gasteiger charge is 2.20. The molecule has 9 heteroatoms. The first kappa shape index (κ1) is 16.2. The van der Waals surface area contributed by atoms with Gasteiger partial charge in [0.25, 0.3) is 11.1 Å². The Labute approximate surface area is 140 Å². The lowest BCUT2D eigenvalue weighted by molar-refractivity contribution is -0.115. The smallest absolute Gasteiger partial charge is 0.277 e. The number of halogens is 1. The summed E-state index contributed by atoms with van der Waals surface area (Å²) in [5, 5.41) is 13.6. The second-order valence-electron chi connectivity index (χ2n) is 4.93. The van der Waals surface area contributed by atoms with Crippen LogP contribution in [-0.4, -0.2) is 26.5 Å². The number of carbonyl (C=O) groups is 1. The van der Waals surface area contributed by atoms with E-state index in [-0.39, 0.29) is 22.6 Å². The summed E-state index contributed by atoms with van der Waals surface area (Å²) in [7, 11) is 0. The number of hydrogen-bond donors (Lipinski definition) is 1. The number of hydrogen-bond acceptors (Lipinski definition) is 7. The fourth-order valence-corrected chi connectivity index (χ4v) is 2.54. The molecule has 0 unspecified atom stereocenters. The van der Waals surface area contributed by atoms with Crippen LogP contribution in [-0.2, 0) is 4.79 Å². The van der Waals surface area contributed by atoms with Crippen LogP contribution in [0.2, 0.25) is 0 Å². The van der Waals surface area contributed by atoms with Gasteiger partial charge >= 0.3 is 0 Å². The Morgan fingerprint density at radius 1 is 1.33 bits per heavy atom. The number of aromatic nitrogens is 3. The van der Waals surface area contributed by atoms with Crippen molar-refractivity contribution in [2.75, 3.05) is 5.32 Å². The maximum absolute atomic E-state index is 13.7. The number of aryl methyl sites for hydroxylation is 1. The molecule has 2 aromatic heterocycles. The molecule has 3 aromatic rings. The summed E-state index contributed by atoms with van der Waals surface area (Å²) < 4.78 is 24.0. The zero-order valence-corrected chi connectivity index (χ0v) is 13.6. The van der Waals surface area contributed by atoms with Crippen molar-refractivity contribution in [3.8, 4) is 11.5 Å². The molecule has 1 amide bonds. The van der Waals surface area contributed by atoms with Gasteiger partial charge in [0, 0.05) is 6.07 Å². The lowest BCUT2D eigenvalue weighted by Gasteiger charge is -2.06. The van der Waals surface area contributed by atoms with Crippen molar-refractivity contribution >= 4 is 23.5 Å². The van der Waals surface area contributed by atoms with E-state index in [1.165, 1.54) is 6.07 Å². The maximum atomic E-state index is 13.7. The van der Waals surface area contributed by atoms with Gasteiger partial charge in [-0.2, -0.15) is 0 Å². The SMILES string of the molecule is Cc1cc(NC(=O)[C@H](C)Sc2nnc(-c3ccccc3F)o2)no1. The normalized spacial score (nSPS) is 12.1. The minimum absolute atomic E-state index is 0.0651. The summed E-state index contributed by atoms with van der Waals surface area (Å²) in [4.78, 5) is 12.1. The molecule has 2 heterocycles. The van der Waals surface area contributed by atoms with Gasteiger partial charge in [0.1, 0.15) is 11.6 Å². The maximum Gasteiger partial charge on any atom is 0.277 e. The fourth-order valence-electron chi connectivity index (χ4n) is 1.86. The van der Waals surface area contributed by atoms with Crippen LogP contribution in [0.1, 0.15) is 12.7 Å². The third-order valence-electron chi connectivity index (χ3n) is 3.04. The molecular formula is C15H13FN4O3S. The number of nitrogens with zero attached hydrogens (tertiary/aromatic N) is 3. The van der Waals surface area contributed by atoms with Crippen molar-refractivity contribution < 1.29 is 18.1 Å². The highest BCUT2D eigenvalue weighted by molar-refractivity contribution is 8.00. The van der Waals surface area contributed by atoms with Gasteiger partial charge in [-0.15, -0.1) is 10.2 Å². The van der Waals surface area contributed by atoms with E-state index < -0.39 is 11.1 Å². The van der Waals surface area contributed by atoms with Gasteiger partial charge in [-0.05, 0) is 26.0 Å². The van der Waals surface area contributed by atoms with E-state index in [1.54, 1.807) is 38.1 Å². The molecule has 0 bridgehead atoms. The Morgan fingerprint density at radius 3 is 2.83 bits per heavy atom. The second kappa shape index (κ2) is 6.83. The van der Waals surface area contributed by atoms with E-state index in [0.717, 1.165) is 11.8 Å². The van der Waals surface area contributed by atoms with Crippen LogP contribution in [0.15, 0.2) is 44.5 Å². The van der Waals surface area contributed by atoms with Crippen molar-refractivity contribution in [1.29, 1.82) is 0 Å². The van der Waals surface area contributed by atoms with Gasteiger partial charge in [0.15, 0.2) is 5.82 Å². The standard InChI is InChI=1S/C15H13FN4O3S/c1-8-7-12(20-23-8)17-13(21)9(2)24-15-19-18-14(22-15)10-5-3-4-6-11(10)16/h3-7,9H,1-2H3,(H,17,20,21)/t9-/m0/s1. The topological polar surface area (TPSA) is 94.1 Å². The number of anilines is 1. The van der Waals surface area contributed by atoms with Crippen LogP contribution in [0.25, 0.3) is 11.5 Å². The average molecular weight is 348 g/mol. The molecule has 1 N–H and O–H groups in total. The highest BCUT2D eigenvalue weighted by atomic mass is 32.2. The van der Waals surface area contributed by atoms with Gasteiger partial charge in [0.05, 0.1) is 10.8 Å². The largest absolute Gasteiger partial charge is 0.411 e. The first-order chi connectivity index (χ1) is 11.5. The van der Waals surface area contributed by atoms with E-state index in [1.807, 2.05) is 0 Å². The Bertz CT molecular complexity index is 864. The Balaban J connectivity index is 1.66. The zero-order chi connectivity index (χ0) is 17.1. The monoisotopic (exact) mass is 348 g/mol. The third kappa shape index (κ3) is 3.62. The number of nitrogens with one attached hydrogen (secondary N) is 1. The molecule has 0 aliphatic heterocycles. The molecule has 0 radical (unpaired) electrons. The summed E-state index contributed by atoms with van der Waals surface area (Å²) in [6.07, 6.45) is 0. The molecular weight excluding hydrogens is 335 g/mol. The van der Waals surface area contributed by atoms with Gasteiger partial charge in [-0.25, -0.2) is 4.39 Å². The van der Waals surface area contributed by atoms with Crippen LogP contribution in [0.3, 0.4) is 0 Å². The molecule has 0 saturated heterocycles. The lowest BCUT2D eigenvalue weighted by Crippen LogP contribution is -2.22. The zero-order valence-electron chi connectivity index (χ0n) is 12.8. The summed E-state index contributed by atoms with van der Waals surface area (Å²) in [5.41, 5.74) is 0.215. The van der Waals surface area contributed by atoms with Crippen LogP contribution < -0.4 is 5.32 Å². The van der Waals surface area contributed by atoms with Crippen molar-refractivity contribution in [1.82, 2.24) is 15.4 Å². The van der Waals surface area contributed by atoms with E-state index in [2.05, 4.69) is 20.7 Å². The molecule has 1 atom stereocenters. The summed E-state index contributed by atoms with van der Waals surface area (Å²) >= 11 is 1.07.